The molecule has 1 amide bonds. The van der Waals surface area contributed by atoms with Crippen LogP contribution in [0.5, 0.6) is 0 Å². The number of piperidine rings is 1. The number of rotatable bonds is 3. The van der Waals surface area contributed by atoms with Crippen molar-refractivity contribution in [3.63, 3.8) is 0 Å². The summed E-state index contributed by atoms with van der Waals surface area (Å²) in [6.45, 7) is 5.50. The SMILES string of the molecule is CC(C)c1cc(C(=O)N2CCC[C@H](c3nccn3C)C2)no1. The van der Waals surface area contributed by atoms with Crippen LogP contribution in [0.15, 0.2) is 23.0 Å². The van der Waals surface area contributed by atoms with Crippen molar-refractivity contribution in [1.29, 1.82) is 0 Å². The van der Waals surface area contributed by atoms with Crippen LogP contribution in [0.4, 0.5) is 0 Å². The lowest BCUT2D eigenvalue weighted by Crippen LogP contribution is -2.39. The van der Waals surface area contributed by atoms with Gasteiger partial charge in [0.1, 0.15) is 11.6 Å². The molecule has 1 aliphatic heterocycles. The summed E-state index contributed by atoms with van der Waals surface area (Å²) in [6.07, 6.45) is 5.80. The molecule has 0 unspecified atom stereocenters. The summed E-state index contributed by atoms with van der Waals surface area (Å²) in [6, 6.07) is 1.76. The zero-order valence-corrected chi connectivity index (χ0v) is 13.3. The number of hydrogen-bond donors (Lipinski definition) is 0. The Hall–Kier alpha value is -2.11. The molecule has 3 rings (SSSR count). The van der Waals surface area contributed by atoms with Crippen molar-refractivity contribution in [2.45, 2.75) is 38.5 Å². The molecule has 0 spiro atoms. The Kier molecular flexibility index (Phi) is 4.00. The largest absolute Gasteiger partial charge is 0.360 e. The van der Waals surface area contributed by atoms with E-state index in [9.17, 15) is 4.79 Å². The number of aryl methyl sites for hydroxylation is 1. The van der Waals surface area contributed by atoms with Crippen molar-refractivity contribution in [2.75, 3.05) is 13.1 Å². The van der Waals surface area contributed by atoms with Crippen molar-refractivity contribution in [1.82, 2.24) is 19.6 Å². The molecular weight excluding hydrogens is 280 g/mol. The van der Waals surface area contributed by atoms with Gasteiger partial charge in [-0.2, -0.15) is 0 Å². The maximum Gasteiger partial charge on any atom is 0.276 e. The highest BCUT2D eigenvalue weighted by molar-refractivity contribution is 5.92. The Morgan fingerprint density at radius 3 is 2.91 bits per heavy atom. The third kappa shape index (κ3) is 2.77. The molecule has 22 heavy (non-hydrogen) atoms. The van der Waals surface area contributed by atoms with Crippen LogP contribution in [0.25, 0.3) is 0 Å². The maximum atomic E-state index is 12.6. The van der Waals surface area contributed by atoms with E-state index in [4.69, 9.17) is 4.52 Å². The lowest BCUT2D eigenvalue weighted by atomic mass is 9.97. The fourth-order valence-corrected chi connectivity index (χ4v) is 2.97. The van der Waals surface area contributed by atoms with Gasteiger partial charge >= 0.3 is 0 Å². The predicted molar refractivity (Wildman–Crippen MR) is 81.7 cm³/mol. The molecule has 6 nitrogen and oxygen atoms in total. The van der Waals surface area contributed by atoms with Gasteiger partial charge in [0.2, 0.25) is 0 Å². The molecule has 6 heteroatoms. The first-order valence-electron chi connectivity index (χ1n) is 7.79. The molecule has 1 fully saturated rings. The van der Waals surface area contributed by atoms with Gasteiger partial charge in [0, 0.05) is 50.4 Å². The van der Waals surface area contributed by atoms with E-state index in [0.29, 0.717) is 12.2 Å². The summed E-state index contributed by atoms with van der Waals surface area (Å²) in [4.78, 5) is 18.9. The van der Waals surface area contributed by atoms with Gasteiger partial charge in [-0.3, -0.25) is 4.79 Å². The van der Waals surface area contributed by atoms with Gasteiger partial charge in [-0.15, -0.1) is 0 Å². The Morgan fingerprint density at radius 2 is 2.27 bits per heavy atom. The predicted octanol–water partition coefficient (Wildman–Crippen LogP) is 2.55. The number of aromatic nitrogens is 3. The number of amides is 1. The second-order valence-electron chi connectivity index (χ2n) is 6.26. The standard InChI is InChI=1S/C16H22N4O2/c1-11(2)14-9-13(18-22-14)16(21)20-7-4-5-12(10-20)15-17-6-8-19(15)3/h6,8-9,11-12H,4-5,7,10H2,1-3H3/t12-/m0/s1. The van der Waals surface area contributed by atoms with Crippen LogP contribution < -0.4 is 0 Å². The highest BCUT2D eigenvalue weighted by Gasteiger charge is 2.29. The summed E-state index contributed by atoms with van der Waals surface area (Å²) >= 11 is 0. The van der Waals surface area contributed by atoms with Gasteiger partial charge in [-0.05, 0) is 12.8 Å². The molecule has 118 valence electrons. The monoisotopic (exact) mass is 302 g/mol. The second kappa shape index (κ2) is 5.94. The Labute approximate surface area is 130 Å². The summed E-state index contributed by atoms with van der Waals surface area (Å²) in [5.41, 5.74) is 0.407. The number of likely N-dealkylation sites (tertiary alicyclic amines) is 1. The fourth-order valence-electron chi connectivity index (χ4n) is 2.97. The Balaban J connectivity index is 1.73. The zero-order chi connectivity index (χ0) is 15.7. The zero-order valence-electron chi connectivity index (χ0n) is 13.3. The first kappa shape index (κ1) is 14.8. The van der Waals surface area contributed by atoms with Crippen molar-refractivity contribution in [3.8, 4) is 0 Å². The molecule has 1 aliphatic rings. The Bertz CT molecular complexity index is 659. The van der Waals surface area contributed by atoms with E-state index in [1.807, 2.05) is 42.8 Å². The first-order chi connectivity index (χ1) is 10.6. The van der Waals surface area contributed by atoms with Crippen molar-refractivity contribution < 1.29 is 9.32 Å². The average Bonchev–Trinajstić information content (AvgIpc) is 3.15. The molecule has 0 bridgehead atoms. The van der Waals surface area contributed by atoms with Crippen molar-refractivity contribution in [2.24, 2.45) is 7.05 Å². The van der Waals surface area contributed by atoms with Gasteiger partial charge in [0.25, 0.3) is 5.91 Å². The van der Waals surface area contributed by atoms with E-state index < -0.39 is 0 Å². The van der Waals surface area contributed by atoms with E-state index in [1.165, 1.54) is 0 Å². The third-order valence-electron chi connectivity index (χ3n) is 4.25. The van der Waals surface area contributed by atoms with E-state index in [-0.39, 0.29) is 17.7 Å². The lowest BCUT2D eigenvalue weighted by Gasteiger charge is -2.31. The molecule has 3 heterocycles. The molecule has 2 aromatic rings. The van der Waals surface area contributed by atoms with Crippen LogP contribution in [0.2, 0.25) is 0 Å². The van der Waals surface area contributed by atoms with Gasteiger partial charge in [0.05, 0.1) is 0 Å². The van der Waals surface area contributed by atoms with E-state index in [2.05, 4.69) is 10.1 Å². The van der Waals surface area contributed by atoms with Gasteiger partial charge in [-0.25, -0.2) is 4.98 Å². The molecule has 1 atom stereocenters. The van der Waals surface area contributed by atoms with Gasteiger partial charge < -0.3 is 14.0 Å². The minimum absolute atomic E-state index is 0.0467. The number of carbonyl (C=O) groups is 1. The number of imidazole rings is 1. The van der Waals surface area contributed by atoms with Gasteiger partial charge in [0.15, 0.2) is 5.69 Å². The number of hydrogen-bond acceptors (Lipinski definition) is 4. The smallest absolute Gasteiger partial charge is 0.276 e. The summed E-state index contributed by atoms with van der Waals surface area (Å²) in [5.74, 6) is 2.26. The quantitative estimate of drug-likeness (QED) is 0.874. The van der Waals surface area contributed by atoms with Crippen molar-refractivity contribution >= 4 is 5.91 Å². The number of carbonyl (C=O) groups excluding carboxylic acids is 1. The maximum absolute atomic E-state index is 12.6. The molecular formula is C16H22N4O2. The average molecular weight is 302 g/mol. The van der Waals surface area contributed by atoms with Crippen LogP contribution in [0, 0.1) is 0 Å². The molecule has 0 aromatic carbocycles. The van der Waals surface area contributed by atoms with Crippen molar-refractivity contribution in [3.05, 3.63) is 35.7 Å². The molecule has 0 N–H and O–H groups in total. The van der Waals surface area contributed by atoms with Crippen LogP contribution in [0.1, 0.15) is 60.6 Å². The molecule has 1 saturated heterocycles. The molecule has 0 aliphatic carbocycles. The molecule has 0 radical (unpaired) electrons. The first-order valence-corrected chi connectivity index (χ1v) is 7.79. The third-order valence-corrected chi connectivity index (χ3v) is 4.25. The minimum Gasteiger partial charge on any atom is -0.360 e. The van der Waals surface area contributed by atoms with Gasteiger partial charge in [-0.1, -0.05) is 19.0 Å². The topological polar surface area (TPSA) is 64.2 Å². The normalized spacial score (nSPS) is 18.9. The van der Waals surface area contributed by atoms with E-state index in [1.54, 1.807) is 6.07 Å². The van der Waals surface area contributed by atoms with Crippen LogP contribution in [-0.4, -0.2) is 38.6 Å². The van der Waals surface area contributed by atoms with E-state index >= 15 is 0 Å². The summed E-state index contributed by atoms with van der Waals surface area (Å²) < 4.78 is 7.28. The highest BCUT2D eigenvalue weighted by atomic mass is 16.5. The van der Waals surface area contributed by atoms with Crippen LogP contribution in [0.3, 0.4) is 0 Å². The summed E-state index contributed by atoms with van der Waals surface area (Å²) in [7, 11) is 2.00. The second-order valence-corrected chi connectivity index (χ2v) is 6.26. The number of nitrogens with zero attached hydrogens (tertiary/aromatic N) is 4. The summed E-state index contributed by atoms with van der Waals surface area (Å²) in [5, 5.41) is 3.93. The van der Waals surface area contributed by atoms with E-state index in [0.717, 1.165) is 31.0 Å². The lowest BCUT2D eigenvalue weighted by molar-refractivity contribution is 0.0693. The van der Waals surface area contributed by atoms with Crippen LogP contribution in [-0.2, 0) is 7.05 Å². The highest BCUT2D eigenvalue weighted by Crippen LogP contribution is 2.26. The minimum atomic E-state index is -0.0467. The fraction of sp³-hybridized carbons (Fsp3) is 0.562. The molecule has 0 saturated carbocycles. The Morgan fingerprint density at radius 1 is 1.45 bits per heavy atom. The molecule has 2 aromatic heterocycles. The van der Waals surface area contributed by atoms with Crippen LogP contribution >= 0.6 is 0 Å².